The number of rotatable bonds is 4. The fourth-order valence-corrected chi connectivity index (χ4v) is 3.89. The Morgan fingerprint density at radius 3 is 2.00 bits per heavy atom. The Labute approximate surface area is 173 Å². The Bertz CT molecular complexity index is 1020. The number of halogens is 3. The van der Waals surface area contributed by atoms with Crippen molar-refractivity contribution in [2.45, 2.75) is 6.04 Å². The van der Waals surface area contributed by atoms with Gasteiger partial charge in [-0.1, -0.05) is 42.5 Å². The number of piperazine rings is 1. The minimum atomic E-state index is -1.03. The monoisotopic (exact) mass is 410 g/mol. The molecule has 0 bridgehead atoms. The maximum Gasteiger partial charge on any atom is 0.254 e. The van der Waals surface area contributed by atoms with Gasteiger partial charge in [-0.05, 0) is 41.5 Å². The Kier molecular flexibility index (Phi) is 5.86. The predicted molar refractivity (Wildman–Crippen MR) is 109 cm³/mol. The average Bonchev–Trinajstić information content (AvgIpc) is 2.78. The van der Waals surface area contributed by atoms with E-state index in [9.17, 15) is 18.0 Å². The van der Waals surface area contributed by atoms with Gasteiger partial charge < -0.3 is 4.90 Å². The Morgan fingerprint density at radius 1 is 0.733 bits per heavy atom. The first-order valence-electron chi connectivity index (χ1n) is 9.82. The third-order valence-electron chi connectivity index (χ3n) is 5.43. The molecule has 3 nitrogen and oxygen atoms in total. The quantitative estimate of drug-likeness (QED) is 0.625. The van der Waals surface area contributed by atoms with Gasteiger partial charge in [0.2, 0.25) is 0 Å². The molecule has 0 spiro atoms. The lowest BCUT2D eigenvalue weighted by molar-refractivity contribution is 0.0596. The van der Waals surface area contributed by atoms with Gasteiger partial charge in [0.05, 0.1) is 6.04 Å². The van der Waals surface area contributed by atoms with Crippen LogP contribution in [0.25, 0.3) is 0 Å². The third kappa shape index (κ3) is 4.24. The van der Waals surface area contributed by atoms with Gasteiger partial charge in [-0.2, -0.15) is 0 Å². The van der Waals surface area contributed by atoms with Gasteiger partial charge in [-0.25, -0.2) is 13.2 Å². The molecular weight excluding hydrogens is 389 g/mol. The highest BCUT2D eigenvalue weighted by atomic mass is 19.2. The van der Waals surface area contributed by atoms with Crippen LogP contribution in [0.1, 0.15) is 27.5 Å². The molecule has 0 aliphatic carbocycles. The molecule has 1 amide bonds. The molecule has 4 rings (SSSR count). The standard InChI is InChI=1S/C24H21F3N2O/c25-20-9-6-18(7-10-20)23(17-4-2-1-3-5-17)28-12-14-29(15-13-28)24(30)19-8-11-21(26)22(27)16-19/h1-11,16,23H,12-15H2. The maximum atomic E-state index is 13.5. The van der Waals surface area contributed by atoms with E-state index in [1.165, 1.54) is 18.2 Å². The topological polar surface area (TPSA) is 23.6 Å². The highest BCUT2D eigenvalue weighted by molar-refractivity contribution is 5.94. The Hall–Kier alpha value is -3.12. The molecule has 3 aromatic carbocycles. The first kappa shape index (κ1) is 20.2. The second-order valence-electron chi connectivity index (χ2n) is 7.32. The van der Waals surface area contributed by atoms with Crippen molar-refractivity contribution in [2.24, 2.45) is 0 Å². The molecule has 1 heterocycles. The number of amides is 1. The molecule has 0 saturated carbocycles. The van der Waals surface area contributed by atoms with Crippen molar-refractivity contribution in [1.29, 1.82) is 0 Å². The van der Waals surface area contributed by atoms with Crippen LogP contribution in [0.2, 0.25) is 0 Å². The van der Waals surface area contributed by atoms with Gasteiger partial charge in [0.15, 0.2) is 11.6 Å². The molecule has 1 saturated heterocycles. The molecule has 1 fully saturated rings. The van der Waals surface area contributed by atoms with Gasteiger partial charge in [-0.3, -0.25) is 9.69 Å². The number of nitrogens with zero attached hydrogens (tertiary/aromatic N) is 2. The lowest BCUT2D eigenvalue weighted by Crippen LogP contribution is -2.49. The summed E-state index contributed by atoms with van der Waals surface area (Å²) in [6, 6.07) is 19.6. The van der Waals surface area contributed by atoms with Crippen LogP contribution in [0.3, 0.4) is 0 Å². The Morgan fingerprint density at radius 2 is 1.37 bits per heavy atom. The van der Waals surface area contributed by atoms with E-state index >= 15 is 0 Å². The zero-order chi connectivity index (χ0) is 21.1. The van der Waals surface area contributed by atoms with Crippen LogP contribution in [-0.4, -0.2) is 41.9 Å². The largest absolute Gasteiger partial charge is 0.336 e. The number of benzene rings is 3. The molecule has 1 atom stereocenters. The molecule has 1 aliphatic heterocycles. The van der Waals surface area contributed by atoms with Gasteiger partial charge in [0.25, 0.3) is 5.91 Å². The molecular formula is C24H21F3N2O. The SMILES string of the molecule is O=C(c1ccc(F)c(F)c1)N1CCN(C(c2ccccc2)c2ccc(F)cc2)CC1. The van der Waals surface area contributed by atoms with Crippen LogP contribution in [-0.2, 0) is 0 Å². The zero-order valence-electron chi connectivity index (χ0n) is 16.3. The van der Waals surface area contributed by atoms with E-state index in [0.717, 1.165) is 23.3 Å². The first-order valence-corrected chi connectivity index (χ1v) is 9.82. The van der Waals surface area contributed by atoms with Gasteiger partial charge in [-0.15, -0.1) is 0 Å². The van der Waals surface area contributed by atoms with Gasteiger partial charge in [0.1, 0.15) is 5.82 Å². The normalized spacial score (nSPS) is 15.8. The minimum absolute atomic E-state index is 0.0627. The van der Waals surface area contributed by atoms with Crippen molar-refractivity contribution in [3.8, 4) is 0 Å². The van der Waals surface area contributed by atoms with E-state index in [1.807, 2.05) is 30.3 Å². The van der Waals surface area contributed by atoms with Crippen molar-refractivity contribution in [1.82, 2.24) is 9.80 Å². The average molecular weight is 410 g/mol. The van der Waals surface area contributed by atoms with Crippen LogP contribution >= 0.6 is 0 Å². The fraction of sp³-hybridized carbons (Fsp3) is 0.208. The van der Waals surface area contributed by atoms with Crippen molar-refractivity contribution in [3.63, 3.8) is 0 Å². The first-order chi connectivity index (χ1) is 14.5. The summed E-state index contributed by atoms with van der Waals surface area (Å²) in [5, 5.41) is 0. The number of carbonyl (C=O) groups excluding carboxylic acids is 1. The molecule has 3 aromatic rings. The summed E-state index contributed by atoms with van der Waals surface area (Å²) in [5.41, 5.74) is 2.20. The predicted octanol–water partition coefficient (Wildman–Crippen LogP) is 4.65. The van der Waals surface area contributed by atoms with E-state index in [2.05, 4.69) is 4.90 Å². The van der Waals surface area contributed by atoms with E-state index in [0.29, 0.717) is 26.2 Å². The van der Waals surface area contributed by atoms with Crippen molar-refractivity contribution in [2.75, 3.05) is 26.2 Å². The van der Waals surface area contributed by atoms with Crippen LogP contribution in [0.5, 0.6) is 0 Å². The van der Waals surface area contributed by atoms with Crippen LogP contribution < -0.4 is 0 Å². The highest BCUT2D eigenvalue weighted by Crippen LogP contribution is 2.30. The summed E-state index contributed by atoms with van der Waals surface area (Å²) in [7, 11) is 0. The molecule has 0 N–H and O–H groups in total. The van der Waals surface area contributed by atoms with Gasteiger partial charge >= 0.3 is 0 Å². The number of hydrogen-bond donors (Lipinski definition) is 0. The molecule has 0 radical (unpaired) electrons. The summed E-state index contributed by atoms with van der Waals surface area (Å²) in [6.45, 7) is 2.13. The second kappa shape index (κ2) is 8.71. The molecule has 1 unspecified atom stereocenters. The second-order valence-corrected chi connectivity index (χ2v) is 7.32. The molecule has 0 aromatic heterocycles. The smallest absolute Gasteiger partial charge is 0.254 e. The fourth-order valence-electron chi connectivity index (χ4n) is 3.89. The van der Waals surface area contributed by atoms with Crippen LogP contribution in [0.15, 0.2) is 72.8 Å². The summed E-state index contributed by atoms with van der Waals surface area (Å²) in [4.78, 5) is 16.6. The minimum Gasteiger partial charge on any atom is -0.336 e. The number of hydrogen-bond acceptors (Lipinski definition) is 2. The van der Waals surface area contributed by atoms with Crippen molar-refractivity contribution < 1.29 is 18.0 Å². The lowest BCUT2D eigenvalue weighted by atomic mass is 9.96. The van der Waals surface area contributed by atoms with Crippen LogP contribution in [0, 0.1) is 17.5 Å². The number of carbonyl (C=O) groups is 1. The lowest BCUT2D eigenvalue weighted by Gasteiger charge is -2.39. The van der Waals surface area contributed by atoms with Crippen LogP contribution in [0.4, 0.5) is 13.2 Å². The Balaban J connectivity index is 1.52. The molecule has 30 heavy (non-hydrogen) atoms. The van der Waals surface area contributed by atoms with E-state index in [4.69, 9.17) is 0 Å². The molecule has 6 heteroatoms. The summed E-state index contributed by atoms with van der Waals surface area (Å²) < 4.78 is 40.1. The maximum absolute atomic E-state index is 13.5. The van der Waals surface area contributed by atoms with E-state index < -0.39 is 11.6 Å². The van der Waals surface area contributed by atoms with E-state index in [-0.39, 0.29) is 23.3 Å². The highest BCUT2D eigenvalue weighted by Gasteiger charge is 2.28. The third-order valence-corrected chi connectivity index (χ3v) is 5.43. The van der Waals surface area contributed by atoms with Gasteiger partial charge in [0, 0.05) is 31.7 Å². The summed E-state index contributed by atoms with van der Waals surface area (Å²) >= 11 is 0. The summed E-state index contributed by atoms with van der Waals surface area (Å²) in [5.74, 6) is -2.60. The van der Waals surface area contributed by atoms with E-state index in [1.54, 1.807) is 17.0 Å². The summed E-state index contributed by atoms with van der Waals surface area (Å²) in [6.07, 6.45) is 0. The molecule has 1 aliphatic rings. The van der Waals surface area contributed by atoms with Crippen molar-refractivity contribution >= 4 is 5.91 Å². The zero-order valence-corrected chi connectivity index (χ0v) is 16.3. The van der Waals surface area contributed by atoms with Crippen molar-refractivity contribution in [3.05, 3.63) is 107 Å². The molecule has 154 valence electrons.